The van der Waals surface area contributed by atoms with Crippen LogP contribution in [0.2, 0.25) is 64.0 Å². The minimum atomic E-state index is -2.83. The van der Waals surface area contributed by atoms with Crippen LogP contribution in [0, 0.1) is 0 Å². The fraction of sp³-hybridized carbons (Fsp3) is 0.625. The van der Waals surface area contributed by atoms with E-state index in [0.29, 0.717) is 47.7 Å². The van der Waals surface area contributed by atoms with Crippen molar-refractivity contribution in [2.75, 3.05) is 0 Å². The lowest BCUT2D eigenvalue weighted by Crippen LogP contribution is -2.58. The highest BCUT2D eigenvalue weighted by Gasteiger charge is 2.46. The van der Waals surface area contributed by atoms with Crippen LogP contribution in [0.4, 0.5) is 0 Å². The minimum Gasteiger partial charge on any atom is -0.436 e. The van der Waals surface area contributed by atoms with Crippen molar-refractivity contribution in [1.82, 2.24) is 0 Å². The average Bonchev–Trinajstić information content (AvgIpc) is 2.57. The predicted octanol–water partition coefficient (Wildman–Crippen LogP) is 6.44. The second-order valence-corrected chi connectivity index (χ2v) is 26.9. The van der Waals surface area contributed by atoms with Gasteiger partial charge in [0.2, 0.25) is 0 Å². The molecule has 0 spiro atoms. The maximum Gasteiger partial charge on any atom is 0.315 e. The molecule has 194 valence electrons. The summed E-state index contributed by atoms with van der Waals surface area (Å²) in [5.41, 5.74) is 1.60. The smallest absolute Gasteiger partial charge is 0.315 e. The zero-order valence-electron chi connectivity index (χ0n) is 23.1. The van der Waals surface area contributed by atoms with E-state index in [1.54, 1.807) is 20.8 Å². The van der Waals surface area contributed by atoms with Crippen molar-refractivity contribution in [2.45, 2.75) is 97.6 Å². The molecule has 0 aromatic carbocycles. The molecule has 34 heavy (non-hydrogen) atoms. The first-order valence-electron chi connectivity index (χ1n) is 11.8. The second kappa shape index (κ2) is 12.8. The molecule has 0 amide bonds. The van der Waals surface area contributed by atoms with Crippen molar-refractivity contribution in [3.63, 3.8) is 0 Å². The molecule has 0 rings (SSSR count). The highest BCUT2D eigenvalue weighted by Crippen LogP contribution is 2.31. The largest absolute Gasteiger partial charge is 0.436 e. The molecular weight excluding hydrogens is 497 g/mol. The van der Waals surface area contributed by atoms with Gasteiger partial charge in [0, 0.05) is 18.5 Å². The Bertz CT molecular complexity index is 831. The second-order valence-electron chi connectivity index (χ2n) is 11.2. The Labute approximate surface area is 211 Å². The van der Waals surface area contributed by atoms with E-state index < -0.39 is 33.8 Å². The van der Waals surface area contributed by atoms with Crippen LogP contribution >= 0.6 is 0 Å². The summed E-state index contributed by atoms with van der Waals surface area (Å²) in [4.78, 5) is 36.8. The molecule has 0 bridgehead atoms. The van der Waals surface area contributed by atoms with Crippen molar-refractivity contribution in [3.8, 4) is 0 Å². The number of hydrogen-bond acceptors (Lipinski definition) is 6. The molecule has 0 fully saturated rings. The molecular formula is C24H46O6Si4. The third-order valence-corrected chi connectivity index (χ3v) is 20.5. The first kappa shape index (κ1) is 33.0. The topological polar surface area (TPSA) is 78.9 Å². The molecule has 0 aliphatic carbocycles. The van der Waals surface area contributed by atoms with Gasteiger partial charge in [-0.15, -0.1) is 0 Å². The van der Waals surface area contributed by atoms with E-state index in [4.69, 9.17) is 12.3 Å². The van der Waals surface area contributed by atoms with Gasteiger partial charge in [-0.05, 0) is 95.8 Å². The number of Topliss-reactive ketones (excluding diaryl/α,β-unsaturated/α-hetero) is 3. The maximum absolute atomic E-state index is 12.4. The fourth-order valence-electron chi connectivity index (χ4n) is 3.84. The van der Waals surface area contributed by atoms with E-state index in [1.165, 1.54) is 0 Å². The summed E-state index contributed by atoms with van der Waals surface area (Å²) in [7, 11) is -10.3. The molecule has 0 heterocycles. The Morgan fingerprint density at radius 3 is 1.38 bits per heavy atom. The van der Waals surface area contributed by atoms with E-state index >= 15 is 0 Å². The number of ketones is 3. The van der Waals surface area contributed by atoms with E-state index in [2.05, 4.69) is 19.7 Å². The van der Waals surface area contributed by atoms with Crippen molar-refractivity contribution in [3.05, 3.63) is 36.5 Å². The summed E-state index contributed by atoms with van der Waals surface area (Å²) in [6, 6.07) is 1.28. The summed E-state index contributed by atoms with van der Waals surface area (Å²) < 4.78 is 20.0. The highest BCUT2D eigenvalue weighted by atomic mass is 28.5. The monoisotopic (exact) mass is 542 g/mol. The predicted molar refractivity (Wildman–Crippen MR) is 150 cm³/mol. The Morgan fingerprint density at radius 2 is 1.00 bits per heavy atom. The molecule has 0 saturated carbocycles. The van der Waals surface area contributed by atoms with Gasteiger partial charge in [0.25, 0.3) is 0 Å². The number of allylic oxidation sites excluding steroid dienone is 3. The molecule has 10 heteroatoms. The molecule has 0 radical (unpaired) electrons. The standard InChI is InChI=1S/C24H46O6Si4/c1-19(2)22(25)15-14-16-34(13,29-32(9,10)18-24(27)21(5)6)30-33(11,12)28-31(7,8)17-23(26)20(3)4/h1,3,5,14-18H2,2,4,6-13H3. The van der Waals surface area contributed by atoms with Crippen LogP contribution in [0.1, 0.15) is 33.6 Å². The molecule has 0 aromatic rings. The van der Waals surface area contributed by atoms with Gasteiger partial charge in [0.1, 0.15) is 0 Å². The average molecular weight is 543 g/mol. The fourth-order valence-corrected chi connectivity index (χ4v) is 23.4. The molecule has 0 N–H and O–H groups in total. The van der Waals surface area contributed by atoms with Gasteiger partial charge >= 0.3 is 17.1 Å². The number of hydrogen-bond donors (Lipinski definition) is 0. The SMILES string of the molecule is C=C(C)C(=O)CCC[Si](C)(O[Si](C)(C)CC(=O)C(=C)C)O[Si](C)(C)O[Si](C)(C)CC(=O)C(=C)C. The van der Waals surface area contributed by atoms with Crippen LogP contribution in [0.25, 0.3) is 0 Å². The summed E-state index contributed by atoms with van der Waals surface area (Å²) in [5.74, 6) is 0.0536. The van der Waals surface area contributed by atoms with Crippen molar-refractivity contribution >= 4 is 51.1 Å². The Hall–Kier alpha value is -1.02. The van der Waals surface area contributed by atoms with Crippen molar-refractivity contribution < 1.29 is 26.7 Å². The van der Waals surface area contributed by atoms with Gasteiger partial charge in [0.15, 0.2) is 34.0 Å². The van der Waals surface area contributed by atoms with Crippen LogP contribution in [0.5, 0.6) is 0 Å². The summed E-state index contributed by atoms with van der Waals surface area (Å²) in [5, 5.41) is 0. The highest BCUT2D eigenvalue weighted by molar-refractivity contribution is 6.91. The summed E-state index contributed by atoms with van der Waals surface area (Å²) >= 11 is 0. The van der Waals surface area contributed by atoms with Gasteiger partial charge in [-0.1, -0.05) is 19.7 Å². The Morgan fingerprint density at radius 1 is 0.618 bits per heavy atom. The molecule has 0 saturated heterocycles. The quantitative estimate of drug-likeness (QED) is 0.155. The van der Waals surface area contributed by atoms with Gasteiger partial charge < -0.3 is 12.3 Å². The number of carbonyl (C=O) groups excluding carboxylic acids is 3. The maximum atomic E-state index is 12.4. The van der Waals surface area contributed by atoms with E-state index in [-0.39, 0.29) is 17.3 Å². The van der Waals surface area contributed by atoms with Crippen LogP contribution in [0.3, 0.4) is 0 Å². The van der Waals surface area contributed by atoms with Crippen LogP contribution in [-0.2, 0) is 26.7 Å². The van der Waals surface area contributed by atoms with E-state index in [1.807, 2.05) is 45.8 Å². The van der Waals surface area contributed by atoms with E-state index in [0.717, 1.165) is 0 Å². The summed E-state index contributed by atoms with van der Waals surface area (Å²) in [6.45, 7) is 30.4. The van der Waals surface area contributed by atoms with Crippen LogP contribution in [-0.4, -0.2) is 51.1 Å². The normalized spacial score (nSPS) is 14.3. The first-order chi connectivity index (χ1) is 15.1. The molecule has 0 aliphatic rings. The van der Waals surface area contributed by atoms with Gasteiger partial charge in [-0.2, -0.15) is 0 Å². The van der Waals surface area contributed by atoms with Crippen molar-refractivity contribution in [1.29, 1.82) is 0 Å². The van der Waals surface area contributed by atoms with Gasteiger partial charge in [-0.25, -0.2) is 0 Å². The molecule has 6 nitrogen and oxygen atoms in total. The summed E-state index contributed by atoms with van der Waals surface area (Å²) in [6.07, 6.45) is 1.00. The van der Waals surface area contributed by atoms with Crippen molar-refractivity contribution in [2.24, 2.45) is 0 Å². The minimum absolute atomic E-state index is 0.00470. The lowest BCUT2D eigenvalue weighted by Gasteiger charge is -2.42. The van der Waals surface area contributed by atoms with Gasteiger partial charge in [-0.3, -0.25) is 14.4 Å². The first-order valence-corrected chi connectivity index (χ1v) is 23.3. The third kappa shape index (κ3) is 13.2. The third-order valence-electron chi connectivity index (χ3n) is 5.11. The van der Waals surface area contributed by atoms with Crippen LogP contribution < -0.4 is 0 Å². The zero-order chi connectivity index (χ0) is 27.1. The van der Waals surface area contributed by atoms with E-state index in [9.17, 15) is 14.4 Å². The van der Waals surface area contributed by atoms with Gasteiger partial charge in [0.05, 0.1) is 0 Å². The molecule has 0 aromatic heterocycles. The zero-order valence-corrected chi connectivity index (χ0v) is 27.1. The Balaban J connectivity index is 5.73. The lowest BCUT2D eigenvalue weighted by atomic mass is 10.1. The lowest BCUT2D eigenvalue weighted by molar-refractivity contribution is -0.115. The molecule has 0 aliphatic heterocycles. The van der Waals surface area contributed by atoms with Crippen LogP contribution in [0.15, 0.2) is 36.5 Å². The number of carbonyl (C=O) groups is 3. The number of rotatable bonds is 17. The molecule has 1 unspecified atom stereocenters. The Kier molecular flexibility index (Phi) is 12.4. The molecule has 1 atom stereocenters.